The lowest BCUT2D eigenvalue weighted by Gasteiger charge is -2.42. The van der Waals surface area contributed by atoms with Crippen LogP contribution < -0.4 is 25.4 Å². The first-order valence-electron chi connectivity index (χ1n) is 13.6. The number of anilines is 2. The van der Waals surface area contributed by atoms with Crippen molar-refractivity contribution in [3.05, 3.63) is 76.3 Å². The van der Waals surface area contributed by atoms with Gasteiger partial charge in [-0.1, -0.05) is 55.1 Å². The third-order valence-electron chi connectivity index (χ3n) is 7.35. The number of hydrogen-bond donors (Lipinski definition) is 2. The zero-order chi connectivity index (χ0) is 30.9. The summed E-state index contributed by atoms with van der Waals surface area (Å²) >= 11 is 2.50. The molecular formula is C31H32N6O4S2. The van der Waals surface area contributed by atoms with E-state index in [4.69, 9.17) is 15.2 Å². The minimum atomic E-state index is -0.715. The average molecular weight is 617 g/mol. The van der Waals surface area contributed by atoms with Crippen molar-refractivity contribution in [3.8, 4) is 17.6 Å². The fourth-order valence-electron chi connectivity index (χ4n) is 5.49. The molecule has 1 atom stereocenters. The molecule has 0 fully saturated rings. The van der Waals surface area contributed by atoms with E-state index < -0.39 is 5.92 Å². The van der Waals surface area contributed by atoms with Gasteiger partial charge in [-0.25, -0.2) is 0 Å². The number of ether oxygens (including phenoxy) is 2. The van der Waals surface area contributed by atoms with E-state index in [2.05, 4.69) is 21.6 Å². The zero-order valence-electron chi connectivity index (χ0n) is 24.6. The second kappa shape index (κ2) is 12.1. The van der Waals surface area contributed by atoms with Gasteiger partial charge in [-0.2, -0.15) is 5.26 Å². The maximum atomic E-state index is 13.8. The first kappa shape index (κ1) is 30.1. The van der Waals surface area contributed by atoms with Crippen LogP contribution in [0.3, 0.4) is 0 Å². The van der Waals surface area contributed by atoms with E-state index in [0.717, 1.165) is 11.3 Å². The molecule has 2 aliphatic rings. The quantitative estimate of drug-likeness (QED) is 0.310. The first-order chi connectivity index (χ1) is 20.5. The maximum absolute atomic E-state index is 13.8. The summed E-state index contributed by atoms with van der Waals surface area (Å²) in [5.41, 5.74) is 10.2. The Kier molecular flexibility index (Phi) is 8.48. The number of amides is 1. The van der Waals surface area contributed by atoms with Crippen LogP contribution in [0.25, 0.3) is 0 Å². The van der Waals surface area contributed by atoms with E-state index >= 15 is 0 Å². The Morgan fingerprint density at radius 1 is 1.21 bits per heavy atom. The van der Waals surface area contributed by atoms with Crippen LogP contribution >= 0.6 is 23.1 Å². The zero-order valence-corrected chi connectivity index (χ0v) is 26.2. The Labute approximate surface area is 258 Å². The minimum absolute atomic E-state index is 0.0636. The van der Waals surface area contributed by atoms with E-state index in [9.17, 15) is 14.9 Å². The highest BCUT2D eigenvalue weighted by atomic mass is 32.2. The molecule has 1 aliphatic heterocycles. The molecule has 1 aliphatic carbocycles. The van der Waals surface area contributed by atoms with E-state index in [1.807, 2.05) is 51.1 Å². The number of aryl methyl sites for hydroxylation is 1. The van der Waals surface area contributed by atoms with Crippen molar-refractivity contribution >= 4 is 45.6 Å². The smallest absolute Gasteiger partial charge is 0.234 e. The molecule has 1 amide bonds. The van der Waals surface area contributed by atoms with Crippen LogP contribution in [0.15, 0.2) is 69.5 Å². The van der Waals surface area contributed by atoms with Crippen LogP contribution in [-0.2, 0) is 9.59 Å². The number of benzene rings is 2. The van der Waals surface area contributed by atoms with Gasteiger partial charge in [-0.05, 0) is 42.5 Å². The molecule has 1 aromatic heterocycles. The number of rotatable bonds is 8. The van der Waals surface area contributed by atoms with Crippen molar-refractivity contribution in [3.63, 3.8) is 0 Å². The molecule has 3 aromatic rings. The van der Waals surface area contributed by atoms with Gasteiger partial charge in [0.2, 0.25) is 11.0 Å². The van der Waals surface area contributed by atoms with E-state index in [1.54, 1.807) is 24.1 Å². The number of hydrogen-bond acceptors (Lipinski definition) is 11. The molecular weight excluding hydrogens is 585 g/mol. The molecule has 2 heterocycles. The summed E-state index contributed by atoms with van der Waals surface area (Å²) in [4.78, 5) is 28.1. The molecule has 0 saturated carbocycles. The van der Waals surface area contributed by atoms with Crippen molar-refractivity contribution in [2.24, 2.45) is 11.1 Å². The summed E-state index contributed by atoms with van der Waals surface area (Å²) in [5, 5.41) is 22.4. The number of aromatic nitrogens is 2. The van der Waals surface area contributed by atoms with Gasteiger partial charge in [0, 0.05) is 35.0 Å². The van der Waals surface area contributed by atoms with E-state index in [-0.39, 0.29) is 34.3 Å². The van der Waals surface area contributed by atoms with Gasteiger partial charge in [-0.3, -0.25) is 14.5 Å². The van der Waals surface area contributed by atoms with Crippen LogP contribution in [0.5, 0.6) is 11.5 Å². The number of ketones is 1. The molecule has 222 valence electrons. The number of carbonyl (C=O) groups is 2. The molecule has 5 rings (SSSR count). The number of nitrogens with zero attached hydrogens (tertiary/aromatic N) is 4. The molecule has 2 aromatic carbocycles. The number of nitrogens with two attached hydrogens (primary N) is 1. The summed E-state index contributed by atoms with van der Waals surface area (Å²) < 4.78 is 11.6. The number of methoxy groups -OCH3 is 2. The fourth-order valence-corrected chi connectivity index (χ4v) is 7.17. The standard InChI is InChI=1S/C31H32N6O4S2/c1-17-7-6-8-18(11-17)34-25(39)16-42-30-36-35-29(43-30)37-22-13-31(2,3)14-23(38)27(22)26(21(15-32)28(37)33)20-10-9-19(40-4)12-24(20)41-5/h6-12,26H,13-14,16,33H2,1-5H3,(H,34,39). The Morgan fingerprint density at radius 2 is 2.00 bits per heavy atom. The van der Waals surface area contributed by atoms with Gasteiger partial charge in [-0.15, -0.1) is 10.2 Å². The number of nitrogens with one attached hydrogen (secondary N) is 1. The number of Topliss-reactive ketones (excluding diaryl/α,β-unsaturated/α-hetero) is 1. The first-order valence-corrected chi connectivity index (χ1v) is 15.4. The molecule has 12 heteroatoms. The fraction of sp³-hybridized carbons (Fsp3) is 0.323. The maximum Gasteiger partial charge on any atom is 0.234 e. The molecule has 43 heavy (non-hydrogen) atoms. The van der Waals surface area contributed by atoms with Gasteiger partial charge >= 0.3 is 0 Å². The summed E-state index contributed by atoms with van der Waals surface area (Å²) in [5.74, 6) is 0.443. The van der Waals surface area contributed by atoms with Gasteiger partial charge < -0.3 is 20.5 Å². The van der Waals surface area contributed by atoms with Crippen molar-refractivity contribution in [1.82, 2.24) is 10.2 Å². The highest BCUT2D eigenvalue weighted by molar-refractivity contribution is 8.01. The predicted molar refractivity (Wildman–Crippen MR) is 167 cm³/mol. The Balaban J connectivity index is 1.50. The summed E-state index contributed by atoms with van der Waals surface area (Å²) in [6.07, 6.45) is 0.851. The minimum Gasteiger partial charge on any atom is -0.497 e. The van der Waals surface area contributed by atoms with E-state index in [1.165, 1.54) is 30.2 Å². The number of nitriles is 1. The summed E-state index contributed by atoms with van der Waals surface area (Å²) in [6.45, 7) is 6.02. The van der Waals surface area contributed by atoms with Crippen molar-refractivity contribution in [2.75, 3.05) is 30.2 Å². The van der Waals surface area contributed by atoms with Gasteiger partial charge in [0.05, 0.1) is 37.5 Å². The molecule has 1 unspecified atom stereocenters. The van der Waals surface area contributed by atoms with Crippen LogP contribution in [-0.4, -0.2) is 41.9 Å². The number of thioether (sulfide) groups is 1. The lowest BCUT2D eigenvalue weighted by molar-refractivity contribution is -0.118. The second-order valence-electron chi connectivity index (χ2n) is 11.1. The third-order valence-corrected chi connectivity index (χ3v) is 9.39. The predicted octanol–water partition coefficient (Wildman–Crippen LogP) is 5.54. The van der Waals surface area contributed by atoms with Crippen LogP contribution in [0.2, 0.25) is 0 Å². The largest absolute Gasteiger partial charge is 0.497 e. The normalized spacial score (nSPS) is 17.8. The second-order valence-corrected chi connectivity index (χ2v) is 13.3. The monoisotopic (exact) mass is 616 g/mol. The highest BCUT2D eigenvalue weighted by Crippen LogP contribution is 2.52. The SMILES string of the molecule is COc1ccc(C2C(C#N)=C(N)N(c3nnc(SCC(=O)Nc4cccc(C)c4)s3)C3=C2C(=O)CC(C)(C)C3)c(OC)c1. The van der Waals surface area contributed by atoms with Crippen LogP contribution in [0.4, 0.5) is 10.8 Å². The van der Waals surface area contributed by atoms with Crippen molar-refractivity contribution < 1.29 is 19.1 Å². The molecule has 0 bridgehead atoms. The van der Waals surface area contributed by atoms with E-state index in [0.29, 0.717) is 50.6 Å². The summed E-state index contributed by atoms with van der Waals surface area (Å²) in [7, 11) is 3.10. The van der Waals surface area contributed by atoms with Crippen molar-refractivity contribution in [2.45, 2.75) is 43.9 Å². The molecule has 0 radical (unpaired) electrons. The van der Waals surface area contributed by atoms with Gasteiger partial charge in [0.15, 0.2) is 10.1 Å². The van der Waals surface area contributed by atoms with Crippen molar-refractivity contribution in [1.29, 1.82) is 5.26 Å². The summed E-state index contributed by atoms with van der Waals surface area (Å²) in [6, 6.07) is 15.2. The molecule has 0 saturated heterocycles. The van der Waals surface area contributed by atoms with Crippen LogP contribution in [0, 0.1) is 23.7 Å². The molecule has 3 N–H and O–H groups in total. The van der Waals surface area contributed by atoms with Gasteiger partial charge in [0.25, 0.3) is 0 Å². The Morgan fingerprint density at radius 3 is 2.70 bits per heavy atom. The Hall–Kier alpha value is -4.34. The topological polar surface area (TPSA) is 143 Å². The number of carbonyl (C=O) groups excluding carboxylic acids is 2. The lowest BCUT2D eigenvalue weighted by atomic mass is 9.68. The lowest BCUT2D eigenvalue weighted by Crippen LogP contribution is -2.42. The van der Waals surface area contributed by atoms with Gasteiger partial charge in [0.1, 0.15) is 17.3 Å². The Bertz CT molecular complexity index is 1700. The number of allylic oxidation sites excluding steroid dienone is 3. The highest BCUT2D eigenvalue weighted by Gasteiger charge is 2.46. The molecule has 0 spiro atoms. The third kappa shape index (κ3) is 6.09. The van der Waals surface area contributed by atoms with Crippen LogP contribution in [0.1, 0.15) is 43.7 Å². The average Bonchev–Trinajstić information content (AvgIpc) is 3.43. The molecule has 10 nitrogen and oxygen atoms in total.